The third kappa shape index (κ3) is 5.65. The second kappa shape index (κ2) is 9.06. The summed E-state index contributed by atoms with van der Waals surface area (Å²) in [6.45, 7) is 3.48. The molecule has 1 heterocycles. The molecule has 0 radical (unpaired) electrons. The fraction of sp³-hybridized carbons (Fsp3) is 0.421. The molecule has 164 valence electrons. The molecule has 30 heavy (non-hydrogen) atoms. The minimum absolute atomic E-state index is 0.0338. The molecular formula is C19H23F3N4O4. The van der Waals surface area contributed by atoms with Crippen LogP contribution < -0.4 is 21.5 Å². The van der Waals surface area contributed by atoms with Crippen molar-refractivity contribution in [3.63, 3.8) is 0 Å². The monoisotopic (exact) mass is 428 g/mol. The maximum atomic E-state index is 13.6. The van der Waals surface area contributed by atoms with E-state index < -0.39 is 35.8 Å². The Hall–Kier alpha value is -3.24. The maximum Gasteiger partial charge on any atom is 0.429 e. The zero-order valence-electron chi connectivity index (χ0n) is 16.4. The van der Waals surface area contributed by atoms with Crippen LogP contribution in [0.2, 0.25) is 0 Å². The highest BCUT2D eigenvalue weighted by molar-refractivity contribution is 6.01. The first-order chi connectivity index (χ1) is 13.9. The molecule has 2 atom stereocenters. The number of carbonyl (C=O) groups excluding carboxylic acids is 1. The number of carboxylic acids is 1. The number of nitrogens with one attached hydrogen (secondary N) is 1. The Labute approximate surface area is 170 Å². The first kappa shape index (κ1) is 23.0. The van der Waals surface area contributed by atoms with Crippen molar-refractivity contribution in [2.24, 2.45) is 16.5 Å². The summed E-state index contributed by atoms with van der Waals surface area (Å²) in [4.78, 5) is 27.7. The van der Waals surface area contributed by atoms with Crippen molar-refractivity contribution in [2.45, 2.75) is 45.0 Å². The number of nitrogens with zero attached hydrogens (tertiary/aromatic N) is 1. The Morgan fingerprint density at radius 3 is 2.53 bits per heavy atom. The summed E-state index contributed by atoms with van der Waals surface area (Å²) >= 11 is 0. The van der Waals surface area contributed by atoms with Crippen LogP contribution in [0.15, 0.2) is 22.7 Å². The highest BCUT2D eigenvalue weighted by atomic mass is 19.4. The van der Waals surface area contributed by atoms with Gasteiger partial charge in [-0.3, -0.25) is 9.79 Å². The number of hydrogen-bond acceptors (Lipinski definition) is 4. The Kier molecular flexibility index (Phi) is 6.96. The van der Waals surface area contributed by atoms with Crippen LogP contribution in [0.5, 0.6) is 5.75 Å². The summed E-state index contributed by atoms with van der Waals surface area (Å²) in [5.74, 6) is -2.70. The first-order valence-electron chi connectivity index (χ1n) is 9.05. The van der Waals surface area contributed by atoms with Crippen LogP contribution in [0.4, 0.5) is 13.2 Å². The average Bonchev–Trinajstić information content (AvgIpc) is 2.61. The Balaban J connectivity index is 2.29. The minimum Gasteiger partial charge on any atom is -0.480 e. The smallest absolute Gasteiger partial charge is 0.429 e. The first-order valence-corrected chi connectivity index (χ1v) is 9.05. The second-order valence-electron chi connectivity index (χ2n) is 6.95. The number of ether oxygens (including phenoxy) is 1. The van der Waals surface area contributed by atoms with Gasteiger partial charge in [-0.15, -0.1) is 0 Å². The molecule has 6 N–H and O–H groups in total. The number of halogens is 3. The van der Waals surface area contributed by atoms with E-state index in [9.17, 15) is 27.9 Å². The Morgan fingerprint density at radius 1 is 1.30 bits per heavy atom. The van der Waals surface area contributed by atoms with Crippen molar-refractivity contribution in [2.75, 3.05) is 6.54 Å². The topological polar surface area (TPSA) is 140 Å². The normalized spacial score (nSPS) is 16.6. The van der Waals surface area contributed by atoms with E-state index in [0.29, 0.717) is 11.1 Å². The van der Waals surface area contributed by atoms with Gasteiger partial charge in [0.05, 0.1) is 5.57 Å². The lowest BCUT2D eigenvalue weighted by Gasteiger charge is -2.30. The van der Waals surface area contributed by atoms with Gasteiger partial charge in [0.15, 0.2) is 5.96 Å². The van der Waals surface area contributed by atoms with Gasteiger partial charge in [-0.1, -0.05) is 11.6 Å². The quantitative estimate of drug-likeness (QED) is 0.296. The maximum absolute atomic E-state index is 13.6. The fourth-order valence-electron chi connectivity index (χ4n) is 3.11. The molecule has 0 saturated heterocycles. The van der Waals surface area contributed by atoms with Crippen molar-refractivity contribution in [1.29, 1.82) is 0 Å². The molecule has 1 aromatic carbocycles. The van der Waals surface area contributed by atoms with E-state index >= 15 is 0 Å². The number of fused-ring (bicyclic) bond motifs is 1. The van der Waals surface area contributed by atoms with Gasteiger partial charge in [0, 0.05) is 12.1 Å². The van der Waals surface area contributed by atoms with E-state index in [1.165, 1.54) is 0 Å². The third-order valence-electron chi connectivity index (χ3n) is 4.39. The molecule has 0 aromatic heterocycles. The molecule has 0 unspecified atom stereocenters. The van der Waals surface area contributed by atoms with Crippen LogP contribution in [-0.4, -0.2) is 47.8 Å². The predicted octanol–water partition coefficient (Wildman–Crippen LogP) is 1.63. The lowest BCUT2D eigenvalue weighted by Crippen LogP contribution is -2.47. The summed E-state index contributed by atoms with van der Waals surface area (Å²) in [6.07, 6.45) is -6.16. The van der Waals surface area contributed by atoms with Crippen LogP contribution in [0.1, 0.15) is 29.5 Å². The molecular weight excluding hydrogens is 405 g/mol. The van der Waals surface area contributed by atoms with E-state index in [1.807, 2.05) is 0 Å². The van der Waals surface area contributed by atoms with Crippen LogP contribution in [-0.2, 0) is 9.59 Å². The van der Waals surface area contributed by atoms with Gasteiger partial charge in [0.25, 0.3) is 5.91 Å². The molecule has 1 aliphatic rings. The number of rotatable bonds is 7. The number of carboxylic acid groups (broad SMARTS) is 1. The SMILES string of the molecule is Cc1cc(C)c2c(c1)C=C(C(=O)N[C@@H](CCCN=C(N)N)C(=O)O)[C@@H](C(F)(F)F)O2. The van der Waals surface area contributed by atoms with Gasteiger partial charge < -0.3 is 26.6 Å². The molecule has 0 saturated carbocycles. The molecule has 0 spiro atoms. The summed E-state index contributed by atoms with van der Waals surface area (Å²) in [5.41, 5.74) is 11.2. The largest absolute Gasteiger partial charge is 0.480 e. The zero-order valence-corrected chi connectivity index (χ0v) is 16.4. The van der Waals surface area contributed by atoms with E-state index in [4.69, 9.17) is 16.2 Å². The number of aryl methyl sites for hydroxylation is 2. The van der Waals surface area contributed by atoms with Crippen molar-refractivity contribution in [3.8, 4) is 5.75 Å². The van der Waals surface area contributed by atoms with E-state index in [-0.39, 0.29) is 31.1 Å². The molecule has 1 aliphatic heterocycles. The molecule has 1 aromatic rings. The predicted molar refractivity (Wildman–Crippen MR) is 104 cm³/mol. The van der Waals surface area contributed by atoms with Crippen molar-refractivity contribution >= 4 is 23.9 Å². The summed E-state index contributed by atoms with van der Waals surface area (Å²) in [7, 11) is 0. The van der Waals surface area contributed by atoms with Gasteiger partial charge in [0.1, 0.15) is 11.8 Å². The molecule has 2 rings (SSSR count). The number of alkyl halides is 3. The highest BCUT2D eigenvalue weighted by Crippen LogP contribution is 2.39. The number of hydrogen-bond donors (Lipinski definition) is 4. The Bertz CT molecular complexity index is 893. The number of benzene rings is 1. The van der Waals surface area contributed by atoms with Gasteiger partial charge >= 0.3 is 12.1 Å². The number of guanidine groups is 1. The zero-order chi connectivity index (χ0) is 22.6. The number of aliphatic imine (C=N–C) groups is 1. The minimum atomic E-state index is -4.87. The van der Waals surface area contributed by atoms with Gasteiger partial charge in [-0.2, -0.15) is 13.2 Å². The molecule has 8 nitrogen and oxygen atoms in total. The second-order valence-corrected chi connectivity index (χ2v) is 6.95. The van der Waals surface area contributed by atoms with Gasteiger partial charge in [-0.25, -0.2) is 4.79 Å². The average molecular weight is 428 g/mol. The number of aliphatic carboxylic acids is 1. The summed E-state index contributed by atoms with van der Waals surface area (Å²) in [5, 5.41) is 11.5. The van der Waals surface area contributed by atoms with Crippen LogP contribution in [0.25, 0.3) is 6.08 Å². The summed E-state index contributed by atoms with van der Waals surface area (Å²) < 4.78 is 45.9. The highest BCUT2D eigenvalue weighted by Gasteiger charge is 2.48. The molecule has 0 aliphatic carbocycles. The standard InChI is InChI=1S/C19H23F3N4O4/c1-9-6-10(2)14-11(7-9)8-12(15(30-14)19(20,21)22)16(27)26-13(17(28)29)4-3-5-25-18(23)24/h6-8,13,15H,3-5H2,1-2H3,(H,26,27)(H,28,29)(H4,23,24,25)/t13-,15-/m0/s1. The number of carbonyl (C=O) groups is 2. The van der Waals surface area contributed by atoms with Crippen LogP contribution >= 0.6 is 0 Å². The van der Waals surface area contributed by atoms with Crippen LogP contribution in [0, 0.1) is 13.8 Å². The molecule has 1 amide bonds. The van der Waals surface area contributed by atoms with Gasteiger partial charge in [0.2, 0.25) is 6.10 Å². The molecule has 11 heteroatoms. The van der Waals surface area contributed by atoms with E-state index in [0.717, 1.165) is 11.6 Å². The van der Waals surface area contributed by atoms with Gasteiger partial charge in [-0.05, 0) is 44.4 Å². The molecule has 0 bridgehead atoms. The fourth-order valence-corrected chi connectivity index (χ4v) is 3.11. The third-order valence-corrected chi connectivity index (χ3v) is 4.39. The van der Waals surface area contributed by atoms with Crippen molar-refractivity contribution < 1.29 is 32.6 Å². The summed E-state index contributed by atoms with van der Waals surface area (Å²) in [6, 6.07) is 1.84. The number of nitrogens with two attached hydrogens (primary N) is 2. The van der Waals surface area contributed by atoms with E-state index in [2.05, 4.69) is 10.3 Å². The van der Waals surface area contributed by atoms with Crippen molar-refractivity contribution in [1.82, 2.24) is 5.32 Å². The van der Waals surface area contributed by atoms with Crippen molar-refractivity contribution in [3.05, 3.63) is 34.4 Å². The molecule has 0 fully saturated rings. The number of amides is 1. The van der Waals surface area contributed by atoms with E-state index in [1.54, 1.807) is 26.0 Å². The lowest BCUT2D eigenvalue weighted by atomic mass is 9.96. The Morgan fingerprint density at radius 2 is 1.97 bits per heavy atom. The lowest BCUT2D eigenvalue weighted by molar-refractivity contribution is -0.185. The van der Waals surface area contributed by atoms with Crippen LogP contribution in [0.3, 0.4) is 0 Å².